The fraction of sp³-hybridized carbons (Fsp3) is 0.200. The second-order valence-electron chi connectivity index (χ2n) is 1.68. The van der Waals surface area contributed by atoms with Gasteiger partial charge in [0.1, 0.15) is 4.64 Å². The van der Waals surface area contributed by atoms with E-state index in [9.17, 15) is 4.79 Å². The molecule has 0 fully saturated rings. The quantitative estimate of drug-likeness (QED) is 0.534. The van der Waals surface area contributed by atoms with Gasteiger partial charge in [0.15, 0.2) is 0 Å². The van der Waals surface area contributed by atoms with Gasteiger partial charge < -0.3 is 4.98 Å². The first-order valence-electron chi connectivity index (χ1n) is 2.46. The number of hydrogen-bond donors (Lipinski definition) is 1. The van der Waals surface area contributed by atoms with Crippen LogP contribution in [0.25, 0.3) is 0 Å². The first-order valence-corrected chi connectivity index (χ1v) is 2.87. The Balaban J connectivity index is 3.62. The van der Waals surface area contributed by atoms with E-state index in [1.165, 1.54) is 10.8 Å². The highest BCUT2D eigenvalue weighted by Gasteiger charge is 1.85. The van der Waals surface area contributed by atoms with Crippen molar-refractivity contribution in [1.82, 2.24) is 9.55 Å². The Kier molecular flexibility index (Phi) is 1.48. The molecule has 3 nitrogen and oxygen atoms in total. The summed E-state index contributed by atoms with van der Waals surface area (Å²) in [5.41, 5.74) is -0.178. The van der Waals surface area contributed by atoms with E-state index in [4.69, 9.17) is 12.2 Å². The Morgan fingerprint density at radius 3 is 2.89 bits per heavy atom. The van der Waals surface area contributed by atoms with Crippen molar-refractivity contribution >= 4 is 12.2 Å². The maximum absolute atomic E-state index is 10.7. The molecule has 0 spiro atoms. The maximum Gasteiger partial charge on any atom is 0.326 e. The van der Waals surface area contributed by atoms with E-state index >= 15 is 0 Å². The molecule has 48 valence electrons. The summed E-state index contributed by atoms with van der Waals surface area (Å²) in [5.74, 6) is 0. The third kappa shape index (κ3) is 1.08. The third-order valence-electron chi connectivity index (χ3n) is 1.07. The van der Waals surface area contributed by atoms with Crippen molar-refractivity contribution in [2.45, 2.75) is 0 Å². The van der Waals surface area contributed by atoms with Crippen molar-refractivity contribution in [3.8, 4) is 0 Å². The van der Waals surface area contributed by atoms with Crippen molar-refractivity contribution in [3.63, 3.8) is 0 Å². The standard InChI is InChI=1S/C5H6N2OS/c1-7-4(9)2-3-6-5(7)8/h2-3H,1H3,(H,6,8). The Morgan fingerprint density at radius 2 is 2.44 bits per heavy atom. The van der Waals surface area contributed by atoms with Crippen LogP contribution in [0, 0.1) is 4.64 Å². The van der Waals surface area contributed by atoms with Crippen LogP contribution in [0.1, 0.15) is 0 Å². The number of H-pyrrole nitrogens is 1. The van der Waals surface area contributed by atoms with E-state index in [1.54, 1.807) is 13.1 Å². The van der Waals surface area contributed by atoms with Gasteiger partial charge in [-0.25, -0.2) is 4.79 Å². The third-order valence-corrected chi connectivity index (χ3v) is 1.48. The lowest BCUT2D eigenvalue weighted by molar-refractivity contribution is 0.797. The molecule has 1 aromatic rings. The van der Waals surface area contributed by atoms with Gasteiger partial charge in [0, 0.05) is 13.2 Å². The van der Waals surface area contributed by atoms with E-state index in [-0.39, 0.29) is 5.69 Å². The summed E-state index contributed by atoms with van der Waals surface area (Å²) in [4.78, 5) is 13.2. The molecule has 0 saturated heterocycles. The van der Waals surface area contributed by atoms with Crippen molar-refractivity contribution < 1.29 is 0 Å². The maximum atomic E-state index is 10.7. The lowest BCUT2D eigenvalue weighted by Gasteiger charge is -1.91. The van der Waals surface area contributed by atoms with Crippen molar-refractivity contribution in [3.05, 3.63) is 27.4 Å². The van der Waals surface area contributed by atoms with Crippen molar-refractivity contribution in [1.29, 1.82) is 0 Å². The SMILES string of the molecule is Cn1c(=S)cc[nH]c1=O. The molecule has 0 aliphatic carbocycles. The predicted octanol–water partition coefficient (Wildman–Crippen LogP) is 0.443. The first-order chi connectivity index (χ1) is 4.22. The van der Waals surface area contributed by atoms with E-state index in [1.807, 2.05) is 0 Å². The fourth-order valence-electron chi connectivity index (χ4n) is 0.493. The molecule has 1 heterocycles. The second-order valence-corrected chi connectivity index (χ2v) is 2.10. The smallest absolute Gasteiger partial charge is 0.314 e. The summed E-state index contributed by atoms with van der Waals surface area (Å²) >= 11 is 4.78. The van der Waals surface area contributed by atoms with Crippen LogP contribution in [0.15, 0.2) is 17.1 Å². The molecule has 0 saturated carbocycles. The minimum absolute atomic E-state index is 0.178. The molecule has 0 unspecified atom stereocenters. The summed E-state index contributed by atoms with van der Waals surface area (Å²) in [7, 11) is 1.63. The van der Waals surface area contributed by atoms with Gasteiger partial charge in [0.05, 0.1) is 0 Å². The molecule has 4 heteroatoms. The monoisotopic (exact) mass is 142 g/mol. The number of nitrogens with zero attached hydrogens (tertiary/aromatic N) is 1. The van der Waals surface area contributed by atoms with Crippen LogP contribution < -0.4 is 5.69 Å². The molecule has 0 aliphatic heterocycles. The molecule has 0 bridgehead atoms. The van der Waals surface area contributed by atoms with E-state index in [2.05, 4.69) is 4.98 Å². The summed E-state index contributed by atoms with van der Waals surface area (Å²) in [6.07, 6.45) is 1.53. The molecular formula is C5H6N2OS. The zero-order valence-corrected chi connectivity index (χ0v) is 5.73. The van der Waals surface area contributed by atoms with E-state index in [0.29, 0.717) is 4.64 Å². The van der Waals surface area contributed by atoms with Crippen molar-refractivity contribution in [2.75, 3.05) is 0 Å². The lowest BCUT2D eigenvalue weighted by Crippen LogP contribution is -2.18. The first kappa shape index (κ1) is 6.22. The molecule has 0 amide bonds. The van der Waals surface area contributed by atoms with Crippen LogP contribution in [-0.2, 0) is 7.05 Å². The summed E-state index contributed by atoms with van der Waals surface area (Å²) in [6, 6.07) is 1.66. The van der Waals surface area contributed by atoms with E-state index in [0.717, 1.165) is 0 Å². The zero-order chi connectivity index (χ0) is 6.85. The Morgan fingerprint density at radius 1 is 1.78 bits per heavy atom. The molecule has 9 heavy (non-hydrogen) atoms. The molecular weight excluding hydrogens is 136 g/mol. The number of aromatic amines is 1. The van der Waals surface area contributed by atoms with Crippen LogP contribution >= 0.6 is 12.2 Å². The highest BCUT2D eigenvalue weighted by atomic mass is 32.1. The summed E-state index contributed by atoms with van der Waals surface area (Å²) < 4.78 is 1.91. The van der Waals surface area contributed by atoms with Crippen LogP contribution in [0.2, 0.25) is 0 Å². The Bertz CT molecular complexity index is 283. The van der Waals surface area contributed by atoms with Crippen molar-refractivity contribution in [2.24, 2.45) is 7.05 Å². The van der Waals surface area contributed by atoms with Gasteiger partial charge in [-0.2, -0.15) is 0 Å². The van der Waals surface area contributed by atoms with Gasteiger partial charge in [-0.3, -0.25) is 4.57 Å². The number of aromatic nitrogens is 2. The summed E-state index contributed by atoms with van der Waals surface area (Å²) in [5, 5.41) is 0. The lowest BCUT2D eigenvalue weighted by atomic mass is 10.7. The predicted molar refractivity (Wildman–Crippen MR) is 36.9 cm³/mol. The summed E-state index contributed by atoms with van der Waals surface area (Å²) in [6.45, 7) is 0. The molecule has 0 aliphatic rings. The zero-order valence-electron chi connectivity index (χ0n) is 4.92. The molecule has 1 N–H and O–H groups in total. The molecule has 1 aromatic heterocycles. The Hall–Kier alpha value is -0.900. The highest BCUT2D eigenvalue weighted by Crippen LogP contribution is 1.78. The number of nitrogens with one attached hydrogen (secondary N) is 1. The number of rotatable bonds is 0. The average Bonchev–Trinajstić information content (AvgIpc) is 1.83. The van der Waals surface area contributed by atoms with Crippen LogP contribution in [-0.4, -0.2) is 9.55 Å². The van der Waals surface area contributed by atoms with Crippen LogP contribution in [0.3, 0.4) is 0 Å². The molecule has 0 radical (unpaired) electrons. The van der Waals surface area contributed by atoms with Crippen LogP contribution in [0.5, 0.6) is 0 Å². The Labute approximate surface area is 57.0 Å². The molecule has 1 rings (SSSR count). The minimum atomic E-state index is -0.178. The number of hydrogen-bond acceptors (Lipinski definition) is 2. The van der Waals surface area contributed by atoms with Crippen LogP contribution in [0.4, 0.5) is 0 Å². The highest BCUT2D eigenvalue weighted by molar-refractivity contribution is 7.71. The van der Waals surface area contributed by atoms with Gasteiger partial charge in [-0.05, 0) is 6.07 Å². The van der Waals surface area contributed by atoms with Gasteiger partial charge in [0.25, 0.3) is 0 Å². The van der Waals surface area contributed by atoms with E-state index < -0.39 is 0 Å². The molecule has 0 aromatic carbocycles. The topological polar surface area (TPSA) is 37.8 Å². The van der Waals surface area contributed by atoms with Gasteiger partial charge in [0.2, 0.25) is 0 Å². The second kappa shape index (κ2) is 2.14. The average molecular weight is 142 g/mol. The fourth-order valence-corrected chi connectivity index (χ4v) is 0.644. The van der Waals surface area contributed by atoms with Gasteiger partial charge in [-0.1, -0.05) is 12.2 Å². The van der Waals surface area contributed by atoms with Gasteiger partial charge >= 0.3 is 5.69 Å². The largest absolute Gasteiger partial charge is 0.326 e. The minimum Gasteiger partial charge on any atom is -0.314 e. The normalized spacial score (nSPS) is 9.44. The molecule has 0 atom stereocenters. The van der Waals surface area contributed by atoms with Gasteiger partial charge in [-0.15, -0.1) is 0 Å².